The van der Waals surface area contributed by atoms with E-state index in [0.717, 1.165) is 0 Å². The average molecular weight is 207 g/mol. The van der Waals surface area contributed by atoms with Crippen molar-refractivity contribution in [2.24, 2.45) is 5.73 Å². The molecule has 0 saturated carbocycles. The monoisotopic (exact) mass is 207 g/mol. The van der Waals surface area contributed by atoms with Crippen molar-refractivity contribution >= 4 is 5.97 Å². The van der Waals surface area contributed by atoms with Crippen LogP contribution in [0.1, 0.15) is 5.56 Å². The number of benzene rings is 1. The molecule has 0 fully saturated rings. The summed E-state index contributed by atoms with van der Waals surface area (Å²) in [5, 5.41) is 18.1. The molecule has 0 aromatic heterocycles. The van der Waals surface area contributed by atoms with E-state index < -0.39 is 11.5 Å². The molecule has 80 valence electrons. The number of hydrogen-bond acceptors (Lipinski definition) is 3. The van der Waals surface area contributed by atoms with Crippen molar-refractivity contribution < 1.29 is 15.0 Å². The van der Waals surface area contributed by atoms with Crippen LogP contribution in [0.4, 0.5) is 0 Å². The molecule has 0 spiro atoms. The first-order chi connectivity index (χ1) is 6.98. The fourth-order valence-electron chi connectivity index (χ4n) is 1.24. The molecule has 1 aromatic carbocycles. The Labute approximate surface area is 87.7 Å². The van der Waals surface area contributed by atoms with E-state index in [9.17, 15) is 9.90 Å². The van der Waals surface area contributed by atoms with Crippen molar-refractivity contribution in [1.82, 2.24) is 0 Å². The third kappa shape index (κ3) is 2.57. The quantitative estimate of drug-likeness (QED) is 0.640. The van der Waals surface area contributed by atoms with Gasteiger partial charge in [0.25, 0.3) is 0 Å². The first kappa shape index (κ1) is 11.3. The molecule has 0 unspecified atom stereocenters. The topological polar surface area (TPSA) is 83.5 Å². The van der Waals surface area contributed by atoms with E-state index >= 15 is 0 Å². The van der Waals surface area contributed by atoms with Gasteiger partial charge >= 0.3 is 5.97 Å². The minimum atomic E-state index is -1.49. The highest BCUT2D eigenvalue weighted by Crippen LogP contribution is 2.17. The van der Waals surface area contributed by atoms with Gasteiger partial charge in [-0.15, -0.1) is 6.58 Å². The van der Waals surface area contributed by atoms with Crippen molar-refractivity contribution in [2.75, 3.05) is 0 Å². The number of aliphatic carboxylic acids is 1. The first-order valence-corrected chi connectivity index (χ1v) is 4.42. The molecule has 0 heterocycles. The van der Waals surface area contributed by atoms with Gasteiger partial charge in [0.2, 0.25) is 0 Å². The van der Waals surface area contributed by atoms with Crippen molar-refractivity contribution in [3.8, 4) is 5.75 Å². The molecule has 0 radical (unpaired) electrons. The molecule has 0 aliphatic rings. The number of rotatable bonds is 4. The zero-order chi connectivity index (χ0) is 11.5. The second-order valence-electron chi connectivity index (χ2n) is 3.40. The van der Waals surface area contributed by atoms with E-state index in [1.165, 1.54) is 18.2 Å². The number of phenols is 1. The lowest BCUT2D eigenvalue weighted by molar-refractivity contribution is -0.141. The summed E-state index contributed by atoms with van der Waals surface area (Å²) in [6.45, 7) is 3.40. The SMILES string of the molecule is C=C[C@](N)(Cc1cccc(O)c1)C(=O)O. The van der Waals surface area contributed by atoms with Gasteiger partial charge in [-0.1, -0.05) is 18.2 Å². The zero-order valence-electron chi connectivity index (χ0n) is 8.18. The highest BCUT2D eigenvalue weighted by molar-refractivity contribution is 5.81. The smallest absolute Gasteiger partial charge is 0.328 e. The zero-order valence-corrected chi connectivity index (χ0v) is 8.18. The predicted molar refractivity (Wildman–Crippen MR) is 56.6 cm³/mol. The molecule has 1 aromatic rings. The number of carbonyl (C=O) groups is 1. The summed E-state index contributed by atoms with van der Waals surface area (Å²) in [6, 6.07) is 6.33. The lowest BCUT2D eigenvalue weighted by Crippen LogP contribution is -2.47. The van der Waals surface area contributed by atoms with E-state index in [4.69, 9.17) is 10.8 Å². The Morgan fingerprint density at radius 3 is 2.73 bits per heavy atom. The van der Waals surface area contributed by atoms with Crippen molar-refractivity contribution in [2.45, 2.75) is 12.0 Å². The van der Waals surface area contributed by atoms with Crippen LogP contribution in [0.5, 0.6) is 5.75 Å². The third-order valence-electron chi connectivity index (χ3n) is 2.17. The number of hydrogen-bond donors (Lipinski definition) is 3. The van der Waals surface area contributed by atoms with Crippen molar-refractivity contribution in [3.05, 3.63) is 42.5 Å². The Balaban J connectivity index is 2.93. The normalized spacial score (nSPS) is 14.2. The summed E-state index contributed by atoms with van der Waals surface area (Å²) in [5.74, 6) is -1.05. The maximum atomic E-state index is 10.9. The summed E-state index contributed by atoms with van der Waals surface area (Å²) in [5.41, 5.74) is 4.78. The standard InChI is InChI=1S/C11H13NO3/c1-2-11(12,10(14)15)7-8-4-3-5-9(13)6-8/h2-6,13H,1,7,12H2,(H,14,15)/t11-/m0/s1. The lowest BCUT2D eigenvalue weighted by atomic mass is 9.92. The van der Waals surface area contributed by atoms with Crippen LogP contribution in [0.15, 0.2) is 36.9 Å². The van der Waals surface area contributed by atoms with Crippen LogP contribution < -0.4 is 5.73 Å². The van der Waals surface area contributed by atoms with E-state index in [1.807, 2.05) is 0 Å². The van der Waals surface area contributed by atoms with Gasteiger partial charge in [0.15, 0.2) is 0 Å². The van der Waals surface area contributed by atoms with Crippen LogP contribution >= 0.6 is 0 Å². The molecular weight excluding hydrogens is 194 g/mol. The fourth-order valence-corrected chi connectivity index (χ4v) is 1.24. The maximum Gasteiger partial charge on any atom is 0.328 e. The second-order valence-corrected chi connectivity index (χ2v) is 3.40. The number of aromatic hydroxyl groups is 1. The fraction of sp³-hybridized carbons (Fsp3) is 0.182. The molecule has 1 rings (SSSR count). The van der Waals surface area contributed by atoms with Crippen molar-refractivity contribution in [3.63, 3.8) is 0 Å². The summed E-state index contributed by atoms with van der Waals surface area (Å²) in [7, 11) is 0. The summed E-state index contributed by atoms with van der Waals surface area (Å²) >= 11 is 0. The number of carboxylic acids is 1. The Morgan fingerprint density at radius 2 is 2.27 bits per heavy atom. The minimum absolute atomic E-state index is 0.0873. The van der Waals surface area contributed by atoms with Crippen molar-refractivity contribution in [1.29, 1.82) is 0 Å². The van der Waals surface area contributed by atoms with Crippen LogP contribution in [0.2, 0.25) is 0 Å². The van der Waals surface area contributed by atoms with Crippen LogP contribution in [-0.4, -0.2) is 21.7 Å². The van der Waals surface area contributed by atoms with Crippen LogP contribution in [0.3, 0.4) is 0 Å². The largest absolute Gasteiger partial charge is 0.508 e. The van der Waals surface area contributed by atoms with E-state index in [0.29, 0.717) is 5.56 Å². The number of nitrogens with two attached hydrogens (primary N) is 1. The van der Waals surface area contributed by atoms with Gasteiger partial charge < -0.3 is 15.9 Å². The lowest BCUT2D eigenvalue weighted by Gasteiger charge is -2.20. The molecule has 15 heavy (non-hydrogen) atoms. The molecule has 4 nitrogen and oxygen atoms in total. The molecule has 1 atom stereocenters. The number of phenolic OH excluding ortho intramolecular Hbond substituents is 1. The van der Waals surface area contributed by atoms with Crippen LogP contribution in [0.25, 0.3) is 0 Å². The molecule has 0 saturated heterocycles. The second kappa shape index (κ2) is 4.14. The highest BCUT2D eigenvalue weighted by atomic mass is 16.4. The van der Waals surface area contributed by atoms with Gasteiger partial charge in [-0.25, -0.2) is 4.79 Å². The van der Waals surface area contributed by atoms with Gasteiger partial charge in [0.05, 0.1) is 0 Å². The van der Waals surface area contributed by atoms with Gasteiger partial charge in [-0.3, -0.25) is 0 Å². The van der Waals surface area contributed by atoms with Gasteiger partial charge in [-0.05, 0) is 17.7 Å². The Hall–Kier alpha value is -1.81. The molecule has 0 bridgehead atoms. The van der Waals surface area contributed by atoms with Gasteiger partial charge in [0.1, 0.15) is 11.3 Å². The average Bonchev–Trinajstić information content (AvgIpc) is 2.17. The molecule has 0 amide bonds. The number of carboxylic acid groups (broad SMARTS) is 1. The Morgan fingerprint density at radius 1 is 1.60 bits per heavy atom. The summed E-state index contributed by atoms with van der Waals surface area (Å²) < 4.78 is 0. The minimum Gasteiger partial charge on any atom is -0.508 e. The van der Waals surface area contributed by atoms with Crippen LogP contribution in [-0.2, 0) is 11.2 Å². The van der Waals surface area contributed by atoms with Gasteiger partial charge in [0, 0.05) is 6.42 Å². The highest BCUT2D eigenvalue weighted by Gasteiger charge is 2.30. The Kier molecular flexibility index (Phi) is 3.11. The molecular formula is C11H13NO3. The molecule has 0 aliphatic heterocycles. The van der Waals surface area contributed by atoms with E-state index in [-0.39, 0.29) is 12.2 Å². The first-order valence-electron chi connectivity index (χ1n) is 4.42. The summed E-state index contributed by atoms with van der Waals surface area (Å²) in [4.78, 5) is 10.9. The summed E-state index contributed by atoms with van der Waals surface area (Å²) in [6.07, 6.45) is 1.29. The van der Waals surface area contributed by atoms with E-state index in [2.05, 4.69) is 6.58 Å². The molecule has 0 aliphatic carbocycles. The Bertz CT molecular complexity index is 389. The third-order valence-corrected chi connectivity index (χ3v) is 2.17. The van der Waals surface area contributed by atoms with Crippen LogP contribution in [0, 0.1) is 0 Å². The van der Waals surface area contributed by atoms with Gasteiger partial charge in [-0.2, -0.15) is 0 Å². The molecule has 4 N–H and O–H groups in total. The molecule has 4 heteroatoms. The van der Waals surface area contributed by atoms with E-state index in [1.54, 1.807) is 12.1 Å². The predicted octanol–water partition coefficient (Wildman–Crippen LogP) is 0.903. The maximum absolute atomic E-state index is 10.9.